The van der Waals surface area contributed by atoms with Crippen molar-refractivity contribution in [3.63, 3.8) is 0 Å². The third-order valence-corrected chi connectivity index (χ3v) is 33.5. The summed E-state index contributed by atoms with van der Waals surface area (Å²) >= 11 is 0. The predicted octanol–water partition coefficient (Wildman–Crippen LogP) is 10.5. The molecule has 3 aliphatic heterocycles. The molecule has 1 N–H and O–H groups in total. The summed E-state index contributed by atoms with van der Waals surface area (Å²) in [5.41, 5.74) is 5.05. The number of anilines is 3. The number of rotatable bonds is 11. The van der Waals surface area contributed by atoms with Crippen molar-refractivity contribution in [1.82, 2.24) is 29.1 Å². The van der Waals surface area contributed by atoms with Crippen LogP contribution < -0.4 is 14.3 Å². The van der Waals surface area contributed by atoms with Crippen LogP contribution in [0.3, 0.4) is 0 Å². The van der Waals surface area contributed by atoms with E-state index in [-0.39, 0.29) is 34.4 Å². The van der Waals surface area contributed by atoms with Gasteiger partial charge in [0.05, 0.1) is 23.7 Å². The van der Waals surface area contributed by atoms with E-state index in [0.717, 1.165) is 22.5 Å². The van der Waals surface area contributed by atoms with Gasteiger partial charge >= 0.3 is 17.1 Å². The Morgan fingerprint density at radius 3 is 2.02 bits per heavy atom. The van der Waals surface area contributed by atoms with E-state index in [9.17, 15) is 0 Å². The maximum absolute atomic E-state index is 7.55. The van der Waals surface area contributed by atoms with E-state index in [0.29, 0.717) is 48.6 Å². The van der Waals surface area contributed by atoms with Crippen LogP contribution in [0.25, 0.3) is 22.2 Å². The quantitative estimate of drug-likeness (QED) is 0.128. The second-order valence-corrected chi connectivity index (χ2v) is 38.1. The Morgan fingerprint density at radius 1 is 0.750 bits per heavy atom. The summed E-state index contributed by atoms with van der Waals surface area (Å²) in [6, 6.07) is 20.8. The monoisotopic (exact) mass is 886 g/mol. The molecule has 0 spiro atoms. The van der Waals surface area contributed by atoms with Crippen molar-refractivity contribution in [3.8, 4) is 5.88 Å². The van der Waals surface area contributed by atoms with E-state index in [4.69, 9.17) is 42.4 Å². The number of nitrogens with one attached hydrogen (secondary N) is 1. The summed E-state index contributed by atoms with van der Waals surface area (Å²) in [5.74, 6) is 2.39. The zero-order chi connectivity index (χ0) is 42.9. The van der Waals surface area contributed by atoms with Crippen LogP contribution in [0.15, 0.2) is 54.6 Å². The molecule has 3 aliphatic rings. The Morgan fingerprint density at radius 2 is 1.38 bits per heavy atom. The Hall–Kier alpha value is -3.43. The van der Waals surface area contributed by atoms with Gasteiger partial charge in [-0.05, 0) is 51.9 Å². The average molecular weight is 887 g/mol. The highest BCUT2D eigenvalue weighted by molar-refractivity contribution is 7.04. The van der Waals surface area contributed by atoms with Gasteiger partial charge < -0.3 is 31.2 Å². The fourth-order valence-corrected chi connectivity index (χ4v) is 35.1. The molecule has 3 fully saturated rings. The van der Waals surface area contributed by atoms with Crippen LogP contribution in [0.4, 0.5) is 17.8 Å². The maximum Gasteiger partial charge on any atom is 0.335 e. The van der Waals surface area contributed by atoms with Crippen LogP contribution >= 0.6 is 0 Å². The number of fused-ring (bicyclic) bond motifs is 3. The summed E-state index contributed by atoms with van der Waals surface area (Å²) in [5, 5.41) is 3.64. The van der Waals surface area contributed by atoms with Crippen LogP contribution in [-0.2, 0) is 31.4 Å². The first-order valence-corrected chi connectivity index (χ1v) is 32.2. The molecule has 6 heterocycles. The molecule has 0 aliphatic carbocycles. The zero-order valence-electron chi connectivity index (χ0n) is 37.9. The second-order valence-electron chi connectivity index (χ2n) is 19.6. The van der Waals surface area contributed by atoms with Crippen LogP contribution in [0, 0.1) is 0 Å². The van der Waals surface area contributed by atoms with E-state index in [1.54, 1.807) is 0 Å². The number of ether oxygens (including phenoxy) is 2. The lowest BCUT2D eigenvalue weighted by atomic mass is 10.2. The lowest BCUT2D eigenvalue weighted by molar-refractivity contribution is -0.0539. The lowest BCUT2D eigenvalue weighted by Gasteiger charge is -2.51. The topological polar surface area (TPSA) is 123 Å². The minimum absolute atomic E-state index is 0.201. The van der Waals surface area contributed by atoms with Gasteiger partial charge in [0.25, 0.3) is 0 Å². The maximum atomic E-state index is 7.55. The first-order chi connectivity index (χ1) is 28.4. The highest BCUT2D eigenvalue weighted by atomic mass is 28.5. The molecule has 0 unspecified atom stereocenters. The zero-order valence-corrected chi connectivity index (χ0v) is 41.9. The molecule has 8 rings (SSSR count). The van der Waals surface area contributed by atoms with Gasteiger partial charge in [-0.15, -0.1) is 0 Å². The molecule has 5 aromatic rings. The smallest absolute Gasteiger partial charge is 0.335 e. The molecule has 17 heteroatoms. The molecule has 3 atom stereocenters. The number of nitrogens with zero attached hydrogens (tertiary/aromatic N) is 7. The largest absolute Gasteiger partial charge is 0.471 e. The number of aryl methyl sites for hydroxylation is 1. The molecular weight excluding hydrogens is 821 g/mol. The molecule has 324 valence electrons. The van der Waals surface area contributed by atoms with Crippen molar-refractivity contribution < 1.29 is 22.4 Å². The van der Waals surface area contributed by atoms with Crippen molar-refractivity contribution >= 4 is 73.6 Å². The number of benzene rings is 2. The van der Waals surface area contributed by atoms with Crippen molar-refractivity contribution in [3.05, 3.63) is 60.2 Å². The molecule has 3 saturated heterocycles. The van der Waals surface area contributed by atoms with E-state index in [2.05, 4.69) is 118 Å². The summed E-state index contributed by atoms with van der Waals surface area (Å²) in [6.45, 7) is 28.6. The van der Waals surface area contributed by atoms with Crippen molar-refractivity contribution in [1.29, 1.82) is 0 Å². The molecule has 2 aromatic carbocycles. The fourth-order valence-electron chi connectivity index (χ4n) is 10.1. The molecule has 0 radical (unpaired) electrons. The van der Waals surface area contributed by atoms with Crippen LogP contribution in [0.5, 0.6) is 5.88 Å². The highest BCUT2D eigenvalue weighted by Crippen LogP contribution is 2.49. The number of hydrogen-bond acceptors (Lipinski definition) is 11. The third-order valence-electron chi connectivity index (χ3n) is 13.3. The van der Waals surface area contributed by atoms with Crippen molar-refractivity contribution in [2.45, 2.75) is 147 Å². The fraction of sp³-hybridized carbons (Fsp3) is 0.581. The Kier molecular flexibility index (Phi) is 11.6. The van der Waals surface area contributed by atoms with E-state index < -0.39 is 39.8 Å². The van der Waals surface area contributed by atoms with Gasteiger partial charge in [-0.25, -0.2) is 9.97 Å². The Labute approximate surface area is 360 Å². The first kappa shape index (κ1) is 43.2. The molecule has 3 aromatic heterocycles. The molecule has 0 amide bonds. The average Bonchev–Trinajstić information content (AvgIpc) is 3.90. The number of para-hydroxylation sites is 2. The molecule has 13 nitrogen and oxygen atoms in total. The molecule has 0 saturated carbocycles. The van der Waals surface area contributed by atoms with Crippen LogP contribution in [0.1, 0.15) is 73.6 Å². The minimum atomic E-state index is -2.89. The minimum Gasteiger partial charge on any atom is -0.471 e. The van der Waals surface area contributed by atoms with Crippen LogP contribution in [-0.4, -0.2) is 81.5 Å². The van der Waals surface area contributed by atoms with Crippen molar-refractivity contribution in [2.24, 2.45) is 7.05 Å². The Bertz CT molecular complexity index is 2300. The van der Waals surface area contributed by atoms with Gasteiger partial charge in [0.15, 0.2) is 11.2 Å². The summed E-state index contributed by atoms with van der Waals surface area (Å²) in [4.78, 5) is 21.1. The third kappa shape index (κ3) is 7.49. The van der Waals surface area contributed by atoms with E-state index >= 15 is 0 Å². The summed E-state index contributed by atoms with van der Waals surface area (Å²) < 4.78 is 43.0. The Balaban J connectivity index is 1.30. The highest BCUT2D eigenvalue weighted by Gasteiger charge is 2.60. The normalized spacial score (nSPS) is 23.6. The first-order valence-electron chi connectivity index (χ1n) is 22.0. The summed E-state index contributed by atoms with van der Waals surface area (Å²) in [6.07, 6.45) is -0.510. The van der Waals surface area contributed by atoms with Gasteiger partial charge in [0.2, 0.25) is 23.7 Å². The number of aromatic nitrogens is 6. The van der Waals surface area contributed by atoms with Gasteiger partial charge in [-0.1, -0.05) is 124 Å². The van der Waals surface area contributed by atoms with Crippen molar-refractivity contribution in [2.75, 3.05) is 16.2 Å². The van der Waals surface area contributed by atoms with Gasteiger partial charge in [0.1, 0.15) is 35.4 Å². The standard InChI is InChI=1S/C43H66N8O5Si4/c1-28(2)59(29(3)4)53-27-36-35(55-60(56-59,30(5)6)31(7)8)25-37(54-36)50-39-38(45-42(50)48-41-44-33-21-17-18-22-34(33)49(41)9)40(52-26-32-19-15-14-16-20-32)47-43(46-39)51-57(10,11)23-24-58(51,12)13/h14-22,28-31,35-37H,23-27H2,1-13H3,(H,44,45,48)/t35-,36+,37+/m0/s1. The lowest BCUT2D eigenvalue weighted by Crippen LogP contribution is -2.65. The SMILES string of the molecule is CC(C)[Si]1(C(C)C)OC[C@H]2O[C@@H](n3c(Nc4nc5ccccc5n4C)nc4c(OCc5ccccc5)nc(N5[Si](C)(C)CC[Si]5(C)C)nc43)C[C@@H]2O[Si](C(C)C)(C(C)C)O1. The van der Waals surface area contributed by atoms with Crippen LogP contribution in [0.2, 0.25) is 60.4 Å². The van der Waals surface area contributed by atoms with Gasteiger partial charge in [-0.2, -0.15) is 9.97 Å². The van der Waals surface area contributed by atoms with E-state index in [1.165, 1.54) is 12.1 Å². The van der Waals surface area contributed by atoms with Gasteiger partial charge in [0, 0.05) is 13.5 Å². The molecule has 60 heavy (non-hydrogen) atoms. The van der Waals surface area contributed by atoms with E-state index in [1.807, 2.05) is 43.4 Å². The number of hydrogen-bond donors (Lipinski definition) is 1. The predicted molar refractivity (Wildman–Crippen MR) is 249 cm³/mol. The summed E-state index contributed by atoms with van der Waals surface area (Å²) in [7, 11) is -7.43. The molecular formula is C43H66N8O5Si4. The second kappa shape index (κ2) is 16.0. The molecule has 0 bridgehead atoms. The van der Waals surface area contributed by atoms with Gasteiger partial charge in [-0.3, -0.25) is 9.88 Å². The number of imidazole rings is 2.